The fraction of sp³-hybridized carbons (Fsp3) is 0.419. The molecule has 214 valence electrons. The number of carbonyl (C=O) groups excluding carboxylic acids is 1. The predicted octanol–water partition coefficient (Wildman–Crippen LogP) is 4.44. The van der Waals surface area contributed by atoms with E-state index in [9.17, 15) is 4.79 Å². The van der Waals surface area contributed by atoms with Gasteiger partial charge in [-0.25, -0.2) is 19.4 Å². The van der Waals surface area contributed by atoms with E-state index in [4.69, 9.17) is 10.8 Å². The van der Waals surface area contributed by atoms with Crippen molar-refractivity contribution in [3.8, 4) is 11.3 Å². The number of piperazine rings is 1. The third-order valence-electron chi connectivity index (χ3n) is 8.54. The second kappa shape index (κ2) is 11.8. The smallest absolute Gasteiger partial charge is 0.319 e. The Morgan fingerprint density at radius 1 is 0.976 bits per heavy atom. The number of aromatic nitrogens is 4. The largest absolute Gasteiger partial charge is 0.383 e. The van der Waals surface area contributed by atoms with Gasteiger partial charge in [0.1, 0.15) is 17.8 Å². The van der Waals surface area contributed by atoms with Crippen molar-refractivity contribution in [1.82, 2.24) is 34.9 Å². The van der Waals surface area contributed by atoms with E-state index in [1.165, 1.54) is 19.2 Å². The van der Waals surface area contributed by atoms with Crippen molar-refractivity contribution in [1.29, 1.82) is 0 Å². The van der Waals surface area contributed by atoms with Crippen LogP contribution in [-0.4, -0.2) is 74.8 Å². The molecule has 41 heavy (non-hydrogen) atoms. The lowest BCUT2D eigenvalue weighted by atomic mass is 9.90. The number of benzene rings is 2. The van der Waals surface area contributed by atoms with Gasteiger partial charge in [0.15, 0.2) is 5.65 Å². The average Bonchev–Trinajstić information content (AvgIpc) is 3.38. The summed E-state index contributed by atoms with van der Waals surface area (Å²) in [7, 11) is 2.21. The molecule has 1 aliphatic heterocycles. The van der Waals surface area contributed by atoms with Gasteiger partial charge in [-0.1, -0.05) is 36.4 Å². The van der Waals surface area contributed by atoms with Gasteiger partial charge in [0.25, 0.3) is 0 Å². The number of nitrogens with one attached hydrogen (secondary N) is 2. The molecule has 10 heteroatoms. The Balaban J connectivity index is 1.14. The molecule has 0 bridgehead atoms. The molecule has 0 unspecified atom stereocenters. The van der Waals surface area contributed by atoms with Crippen LogP contribution >= 0.6 is 0 Å². The number of nitrogens with zero attached hydrogens (tertiary/aromatic N) is 6. The van der Waals surface area contributed by atoms with E-state index in [0.29, 0.717) is 24.4 Å². The molecule has 2 aromatic heterocycles. The molecule has 1 saturated heterocycles. The Hall–Kier alpha value is -4.02. The number of carbonyl (C=O) groups is 1. The maximum atomic E-state index is 12.4. The molecular formula is C31H39N9O. The normalized spacial score (nSPS) is 20.2. The third kappa shape index (κ3) is 6.03. The van der Waals surface area contributed by atoms with Crippen LogP contribution in [0.25, 0.3) is 22.3 Å². The van der Waals surface area contributed by atoms with E-state index in [2.05, 4.69) is 42.1 Å². The summed E-state index contributed by atoms with van der Waals surface area (Å²) in [6, 6.07) is 16.5. The predicted molar refractivity (Wildman–Crippen MR) is 163 cm³/mol. The van der Waals surface area contributed by atoms with Crippen molar-refractivity contribution < 1.29 is 4.79 Å². The Morgan fingerprint density at radius 2 is 1.71 bits per heavy atom. The van der Waals surface area contributed by atoms with Gasteiger partial charge in [0.2, 0.25) is 0 Å². The molecule has 1 aliphatic carbocycles. The molecule has 2 aromatic carbocycles. The summed E-state index contributed by atoms with van der Waals surface area (Å²) in [4.78, 5) is 26.4. The van der Waals surface area contributed by atoms with Crippen molar-refractivity contribution in [2.45, 2.75) is 51.2 Å². The highest BCUT2D eigenvalue weighted by molar-refractivity contribution is 5.98. The minimum atomic E-state index is -0.239. The van der Waals surface area contributed by atoms with E-state index in [1.807, 2.05) is 55.5 Å². The number of nitrogen functional groups attached to an aromatic ring is 1. The summed E-state index contributed by atoms with van der Waals surface area (Å²) in [6.45, 7) is 7.03. The minimum Gasteiger partial charge on any atom is -0.383 e. The average molecular weight is 554 g/mol. The topological polar surface area (TPSA) is 117 Å². The number of anilines is 2. The van der Waals surface area contributed by atoms with Gasteiger partial charge < -0.3 is 21.3 Å². The van der Waals surface area contributed by atoms with Gasteiger partial charge in [0.05, 0.1) is 11.4 Å². The second-order valence-electron chi connectivity index (χ2n) is 11.4. The lowest BCUT2D eigenvalue weighted by Crippen LogP contribution is -2.49. The second-order valence-corrected chi connectivity index (χ2v) is 11.4. The number of urea groups is 1. The number of hydrogen-bond acceptors (Lipinski definition) is 7. The molecular weight excluding hydrogens is 514 g/mol. The molecule has 1 saturated carbocycles. The number of amides is 2. The van der Waals surface area contributed by atoms with E-state index in [-0.39, 0.29) is 6.03 Å². The van der Waals surface area contributed by atoms with Crippen LogP contribution < -0.4 is 16.4 Å². The van der Waals surface area contributed by atoms with Gasteiger partial charge in [-0.05, 0) is 62.9 Å². The van der Waals surface area contributed by atoms with Crippen LogP contribution in [0.2, 0.25) is 0 Å². The minimum absolute atomic E-state index is 0.239. The first-order valence-electron chi connectivity index (χ1n) is 14.6. The standard InChI is InChI=1S/C31H39N9O/c1-21-4-3-5-24(18-21)36-31(41)33-19-22-6-8-23(9-7-22)28-27-29(32)34-20-35-30(27)40(37-28)26-12-10-25(11-13-26)39-16-14-38(2)15-17-39/h3-9,18,20,25-26H,10-17,19H2,1-2H3,(H2,32,34,35)(H2,33,36,41)/t25-,26-. The first-order valence-corrected chi connectivity index (χ1v) is 14.6. The summed E-state index contributed by atoms with van der Waals surface area (Å²) in [5.74, 6) is 0.445. The third-order valence-corrected chi connectivity index (χ3v) is 8.54. The molecule has 2 amide bonds. The van der Waals surface area contributed by atoms with Gasteiger partial charge >= 0.3 is 6.03 Å². The molecule has 0 atom stereocenters. The van der Waals surface area contributed by atoms with Gasteiger partial charge in [-0.15, -0.1) is 0 Å². The van der Waals surface area contributed by atoms with E-state index >= 15 is 0 Å². The number of aryl methyl sites for hydroxylation is 1. The van der Waals surface area contributed by atoms with Crippen molar-refractivity contribution in [3.63, 3.8) is 0 Å². The van der Waals surface area contributed by atoms with Crippen LogP contribution in [0.5, 0.6) is 0 Å². The number of rotatable bonds is 6. The quantitative estimate of drug-likeness (QED) is 0.323. The van der Waals surface area contributed by atoms with Gasteiger partial charge in [-0.3, -0.25) is 4.90 Å². The Kier molecular flexibility index (Phi) is 7.84. The highest BCUT2D eigenvalue weighted by Crippen LogP contribution is 2.37. The Bertz CT molecular complexity index is 1500. The first-order chi connectivity index (χ1) is 19.9. The molecule has 3 heterocycles. The molecule has 4 N–H and O–H groups in total. The Morgan fingerprint density at radius 3 is 2.44 bits per heavy atom. The SMILES string of the molecule is Cc1cccc(NC(=O)NCc2ccc(-c3nn([C@H]4CC[C@H](N5CCN(C)CC5)CC4)c4ncnc(N)c34)cc2)c1. The van der Waals surface area contributed by atoms with Crippen LogP contribution in [0.3, 0.4) is 0 Å². The molecule has 6 rings (SSSR count). The number of fused-ring (bicyclic) bond motifs is 1. The van der Waals surface area contributed by atoms with Crippen LogP contribution in [0.4, 0.5) is 16.3 Å². The molecule has 4 aromatic rings. The van der Waals surface area contributed by atoms with Crippen molar-refractivity contribution >= 4 is 28.6 Å². The zero-order chi connectivity index (χ0) is 28.3. The monoisotopic (exact) mass is 553 g/mol. The lowest BCUT2D eigenvalue weighted by Gasteiger charge is -2.41. The van der Waals surface area contributed by atoms with E-state index in [1.54, 1.807) is 0 Å². The van der Waals surface area contributed by atoms with Crippen molar-refractivity contribution in [2.24, 2.45) is 0 Å². The molecule has 10 nitrogen and oxygen atoms in total. The highest BCUT2D eigenvalue weighted by Gasteiger charge is 2.30. The fourth-order valence-corrected chi connectivity index (χ4v) is 6.17. The first kappa shape index (κ1) is 27.2. The summed E-state index contributed by atoms with van der Waals surface area (Å²) < 4.78 is 2.09. The summed E-state index contributed by atoms with van der Waals surface area (Å²) >= 11 is 0. The molecule has 0 radical (unpaired) electrons. The van der Waals surface area contributed by atoms with Crippen molar-refractivity contribution in [2.75, 3.05) is 44.3 Å². The van der Waals surface area contributed by atoms with E-state index < -0.39 is 0 Å². The van der Waals surface area contributed by atoms with Crippen LogP contribution in [0, 0.1) is 6.92 Å². The highest BCUT2D eigenvalue weighted by atomic mass is 16.2. The van der Waals surface area contributed by atoms with Crippen LogP contribution in [0.1, 0.15) is 42.9 Å². The number of nitrogens with two attached hydrogens (primary N) is 1. The Labute approximate surface area is 240 Å². The van der Waals surface area contributed by atoms with Gasteiger partial charge in [-0.2, -0.15) is 5.10 Å². The number of hydrogen-bond donors (Lipinski definition) is 3. The molecule has 0 spiro atoms. The number of likely N-dealkylation sites (N-methyl/N-ethyl adjacent to an activating group) is 1. The summed E-state index contributed by atoms with van der Waals surface area (Å²) in [6.07, 6.45) is 6.03. The molecule has 2 aliphatic rings. The lowest BCUT2D eigenvalue weighted by molar-refractivity contribution is 0.0815. The zero-order valence-electron chi connectivity index (χ0n) is 23.9. The maximum Gasteiger partial charge on any atom is 0.319 e. The summed E-state index contributed by atoms with van der Waals surface area (Å²) in [5.41, 5.74) is 11.8. The fourth-order valence-electron chi connectivity index (χ4n) is 6.17. The van der Waals surface area contributed by atoms with Crippen molar-refractivity contribution in [3.05, 3.63) is 66.0 Å². The van der Waals surface area contributed by atoms with Crippen LogP contribution in [-0.2, 0) is 6.54 Å². The summed E-state index contributed by atoms with van der Waals surface area (Å²) in [5, 5.41) is 11.7. The van der Waals surface area contributed by atoms with Crippen LogP contribution in [0.15, 0.2) is 54.9 Å². The maximum absolute atomic E-state index is 12.4. The van der Waals surface area contributed by atoms with Gasteiger partial charge in [0, 0.05) is 50.0 Å². The van der Waals surface area contributed by atoms with E-state index in [0.717, 1.165) is 78.1 Å². The molecule has 2 fully saturated rings. The zero-order valence-corrected chi connectivity index (χ0v) is 23.9.